The first-order chi connectivity index (χ1) is 8.93. The largest absolute Gasteiger partial charge is 0.329 e. The Morgan fingerprint density at radius 3 is 2.37 bits per heavy atom. The summed E-state index contributed by atoms with van der Waals surface area (Å²) in [5, 5.41) is 0. The van der Waals surface area contributed by atoms with Gasteiger partial charge in [-0.15, -0.1) is 0 Å². The minimum atomic E-state index is -2.97. The maximum Gasteiger partial charge on any atom is 0.159 e. The average molecular weight is 290 g/mol. The van der Waals surface area contributed by atoms with E-state index in [1.165, 1.54) is 6.07 Å². The molecule has 1 aromatic rings. The van der Waals surface area contributed by atoms with Crippen LogP contribution in [0.2, 0.25) is 0 Å². The fraction of sp³-hybridized carbons (Fsp3) is 0.500. The van der Waals surface area contributed by atoms with E-state index in [2.05, 4.69) is 0 Å². The molecule has 1 aromatic carbocycles. The molecule has 1 atom stereocenters. The van der Waals surface area contributed by atoms with Gasteiger partial charge in [-0.3, -0.25) is 4.90 Å². The Morgan fingerprint density at radius 1 is 1.21 bits per heavy atom. The lowest BCUT2D eigenvalue weighted by Crippen LogP contribution is -2.44. The van der Waals surface area contributed by atoms with Crippen LogP contribution in [0.5, 0.6) is 0 Å². The molecule has 0 saturated carbocycles. The summed E-state index contributed by atoms with van der Waals surface area (Å²) in [5.74, 6) is -1.67. The van der Waals surface area contributed by atoms with Gasteiger partial charge in [-0.1, -0.05) is 6.07 Å². The van der Waals surface area contributed by atoms with Gasteiger partial charge in [-0.25, -0.2) is 17.2 Å². The van der Waals surface area contributed by atoms with Crippen molar-refractivity contribution in [2.24, 2.45) is 5.73 Å². The van der Waals surface area contributed by atoms with E-state index >= 15 is 0 Å². The molecule has 1 aliphatic rings. The molecule has 1 fully saturated rings. The molecule has 1 saturated heterocycles. The zero-order chi connectivity index (χ0) is 14.0. The quantitative estimate of drug-likeness (QED) is 0.890. The Kier molecular flexibility index (Phi) is 4.17. The Bertz CT molecular complexity index is 549. The summed E-state index contributed by atoms with van der Waals surface area (Å²) in [6.07, 6.45) is 0. The lowest BCUT2D eigenvalue weighted by Gasteiger charge is -2.34. The normalized spacial score (nSPS) is 21.2. The Hall–Kier alpha value is -1.05. The van der Waals surface area contributed by atoms with Crippen molar-refractivity contribution >= 4 is 9.84 Å². The third-order valence-electron chi connectivity index (χ3n) is 3.37. The highest BCUT2D eigenvalue weighted by Gasteiger charge is 2.27. The second kappa shape index (κ2) is 5.52. The van der Waals surface area contributed by atoms with E-state index in [0.29, 0.717) is 18.7 Å². The van der Waals surface area contributed by atoms with Crippen molar-refractivity contribution < 1.29 is 17.2 Å². The molecule has 0 aromatic heterocycles. The van der Waals surface area contributed by atoms with Gasteiger partial charge in [0.25, 0.3) is 0 Å². The third-order valence-corrected chi connectivity index (χ3v) is 4.98. The molecule has 1 aliphatic heterocycles. The van der Waals surface area contributed by atoms with Crippen LogP contribution < -0.4 is 5.73 Å². The molecule has 2 N–H and O–H groups in total. The summed E-state index contributed by atoms with van der Waals surface area (Å²) >= 11 is 0. The van der Waals surface area contributed by atoms with E-state index in [4.69, 9.17) is 5.73 Å². The number of hydrogen-bond donors (Lipinski definition) is 1. The summed E-state index contributed by atoms with van der Waals surface area (Å²) in [6, 6.07) is 3.38. The van der Waals surface area contributed by atoms with Crippen molar-refractivity contribution in [3.63, 3.8) is 0 Å². The molecule has 1 heterocycles. The van der Waals surface area contributed by atoms with E-state index in [0.717, 1.165) is 12.1 Å². The molecule has 19 heavy (non-hydrogen) atoms. The monoisotopic (exact) mass is 290 g/mol. The van der Waals surface area contributed by atoms with E-state index in [9.17, 15) is 17.2 Å². The maximum atomic E-state index is 13.2. The van der Waals surface area contributed by atoms with Crippen LogP contribution in [-0.2, 0) is 9.84 Å². The number of halogens is 2. The van der Waals surface area contributed by atoms with Crippen LogP contribution in [0.3, 0.4) is 0 Å². The van der Waals surface area contributed by atoms with Crippen LogP contribution in [0.4, 0.5) is 8.78 Å². The van der Waals surface area contributed by atoms with Gasteiger partial charge in [0.2, 0.25) is 0 Å². The number of sulfone groups is 1. The van der Waals surface area contributed by atoms with Gasteiger partial charge in [0.05, 0.1) is 11.5 Å². The molecule has 0 spiro atoms. The highest BCUT2D eigenvalue weighted by atomic mass is 32.2. The molecular formula is C12H16F2N2O2S. The van der Waals surface area contributed by atoms with Crippen LogP contribution >= 0.6 is 0 Å². The predicted molar refractivity (Wildman–Crippen MR) is 68.4 cm³/mol. The summed E-state index contributed by atoms with van der Waals surface area (Å²) < 4.78 is 48.9. The van der Waals surface area contributed by atoms with Gasteiger partial charge < -0.3 is 5.73 Å². The molecule has 2 rings (SSSR count). The average Bonchev–Trinajstić information content (AvgIpc) is 2.36. The van der Waals surface area contributed by atoms with E-state index < -0.39 is 21.5 Å². The van der Waals surface area contributed by atoms with Gasteiger partial charge in [0.15, 0.2) is 21.5 Å². The van der Waals surface area contributed by atoms with E-state index in [-0.39, 0.29) is 24.1 Å². The van der Waals surface area contributed by atoms with Crippen molar-refractivity contribution in [2.75, 3.05) is 31.1 Å². The SMILES string of the molecule is NCC(c1ccc(F)c(F)c1)N1CCS(=O)(=O)CC1. The van der Waals surface area contributed by atoms with E-state index in [1.54, 1.807) is 0 Å². The van der Waals surface area contributed by atoms with Crippen molar-refractivity contribution in [2.45, 2.75) is 6.04 Å². The zero-order valence-corrected chi connectivity index (χ0v) is 11.2. The highest BCUT2D eigenvalue weighted by molar-refractivity contribution is 7.91. The minimum absolute atomic E-state index is 0.0766. The summed E-state index contributed by atoms with van der Waals surface area (Å²) in [6.45, 7) is 0.956. The molecule has 0 amide bonds. The van der Waals surface area contributed by atoms with Gasteiger partial charge in [-0.2, -0.15) is 0 Å². The number of nitrogens with zero attached hydrogens (tertiary/aromatic N) is 1. The minimum Gasteiger partial charge on any atom is -0.329 e. The molecule has 106 valence electrons. The van der Waals surface area contributed by atoms with Gasteiger partial charge in [0, 0.05) is 25.7 Å². The molecule has 1 unspecified atom stereocenters. The Balaban J connectivity index is 2.18. The van der Waals surface area contributed by atoms with Crippen molar-refractivity contribution in [1.82, 2.24) is 4.90 Å². The molecule has 0 bridgehead atoms. The number of rotatable bonds is 3. The van der Waals surface area contributed by atoms with Gasteiger partial charge >= 0.3 is 0 Å². The van der Waals surface area contributed by atoms with Crippen LogP contribution in [0.15, 0.2) is 18.2 Å². The molecule has 0 radical (unpaired) electrons. The number of hydrogen-bond acceptors (Lipinski definition) is 4. The molecule has 7 heteroatoms. The summed E-state index contributed by atoms with van der Waals surface area (Å²) in [5.41, 5.74) is 6.25. The predicted octanol–water partition coefficient (Wildman–Crippen LogP) is 0.695. The summed E-state index contributed by atoms with van der Waals surface area (Å²) in [7, 11) is -2.97. The first-order valence-electron chi connectivity index (χ1n) is 6.02. The number of benzene rings is 1. The fourth-order valence-electron chi connectivity index (χ4n) is 2.25. The van der Waals surface area contributed by atoms with Crippen LogP contribution in [0.1, 0.15) is 11.6 Å². The first-order valence-corrected chi connectivity index (χ1v) is 7.84. The maximum absolute atomic E-state index is 13.2. The summed E-state index contributed by atoms with van der Waals surface area (Å²) in [4.78, 5) is 1.90. The van der Waals surface area contributed by atoms with Crippen LogP contribution in [0.25, 0.3) is 0 Å². The van der Waals surface area contributed by atoms with Gasteiger partial charge in [-0.05, 0) is 17.7 Å². The van der Waals surface area contributed by atoms with Crippen LogP contribution in [-0.4, -0.2) is 44.5 Å². The van der Waals surface area contributed by atoms with Crippen molar-refractivity contribution in [3.8, 4) is 0 Å². The zero-order valence-electron chi connectivity index (χ0n) is 10.4. The third kappa shape index (κ3) is 3.29. The number of nitrogens with two attached hydrogens (primary N) is 1. The molecule has 4 nitrogen and oxygen atoms in total. The Morgan fingerprint density at radius 2 is 1.84 bits per heavy atom. The second-order valence-corrected chi connectivity index (χ2v) is 6.92. The highest BCUT2D eigenvalue weighted by Crippen LogP contribution is 2.23. The second-order valence-electron chi connectivity index (χ2n) is 4.61. The van der Waals surface area contributed by atoms with Crippen LogP contribution in [0, 0.1) is 11.6 Å². The molecular weight excluding hydrogens is 274 g/mol. The lowest BCUT2D eigenvalue weighted by molar-refractivity contribution is 0.218. The topological polar surface area (TPSA) is 63.4 Å². The standard InChI is InChI=1S/C12H16F2N2O2S/c13-10-2-1-9(7-11(10)14)12(8-15)16-3-5-19(17,18)6-4-16/h1-2,7,12H,3-6,8,15H2. The molecule has 0 aliphatic carbocycles. The van der Waals surface area contributed by atoms with Gasteiger partial charge in [0.1, 0.15) is 0 Å². The first kappa shape index (κ1) is 14.4. The lowest BCUT2D eigenvalue weighted by atomic mass is 10.0. The smallest absolute Gasteiger partial charge is 0.159 e. The van der Waals surface area contributed by atoms with Crippen molar-refractivity contribution in [3.05, 3.63) is 35.4 Å². The Labute approximate surface area is 111 Å². The van der Waals surface area contributed by atoms with E-state index in [1.807, 2.05) is 4.90 Å². The fourth-order valence-corrected chi connectivity index (χ4v) is 3.48. The van der Waals surface area contributed by atoms with Crippen molar-refractivity contribution in [1.29, 1.82) is 0 Å².